The maximum Gasteiger partial charge on any atom is 0.144 e. The number of fused-ring (bicyclic) bond motifs is 1. The largest absolute Gasteiger partial charge is 0.392 e. The summed E-state index contributed by atoms with van der Waals surface area (Å²) >= 11 is 0. The van der Waals surface area contributed by atoms with Gasteiger partial charge >= 0.3 is 0 Å². The molecule has 0 aromatic carbocycles. The second kappa shape index (κ2) is 2.67. The Labute approximate surface area is 82.8 Å². The summed E-state index contributed by atoms with van der Waals surface area (Å²) < 4.78 is 5.84. The molecular weight excluding hydrogens is 180 g/mol. The van der Waals surface area contributed by atoms with E-state index >= 15 is 0 Å². The highest BCUT2D eigenvalue weighted by Crippen LogP contribution is 2.47. The minimum atomic E-state index is -0.500. The Balaban J connectivity index is 2.02. The highest BCUT2D eigenvalue weighted by Gasteiger charge is 2.54. The average molecular weight is 194 g/mol. The lowest BCUT2D eigenvalue weighted by Crippen LogP contribution is -2.54. The van der Waals surface area contributed by atoms with E-state index in [2.05, 4.69) is 0 Å². The fourth-order valence-electron chi connectivity index (χ4n) is 3.11. The number of ketones is 1. The third-order valence-electron chi connectivity index (χ3n) is 3.69. The predicted molar refractivity (Wildman–Crippen MR) is 49.7 cm³/mol. The molecule has 2 heterocycles. The molecule has 2 aliphatic heterocycles. The first kappa shape index (κ1) is 8.62. The zero-order chi connectivity index (χ0) is 9.76. The SMILES string of the molecule is O=C1C[C@@H]2C=C[C@@]3(CCC[C@@H](O)C13)O2. The molecule has 1 saturated heterocycles. The van der Waals surface area contributed by atoms with Gasteiger partial charge in [-0.25, -0.2) is 0 Å². The van der Waals surface area contributed by atoms with Crippen LogP contribution in [0.15, 0.2) is 12.2 Å². The summed E-state index contributed by atoms with van der Waals surface area (Å²) in [4.78, 5) is 11.8. The van der Waals surface area contributed by atoms with Gasteiger partial charge in [-0.2, -0.15) is 0 Å². The first-order chi connectivity index (χ1) is 6.71. The fourth-order valence-corrected chi connectivity index (χ4v) is 3.11. The summed E-state index contributed by atoms with van der Waals surface area (Å²) in [7, 11) is 0. The van der Waals surface area contributed by atoms with Gasteiger partial charge in [0.2, 0.25) is 0 Å². The lowest BCUT2D eigenvalue weighted by molar-refractivity contribution is -0.171. The zero-order valence-corrected chi connectivity index (χ0v) is 7.98. The molecule has 1 spiro atoms. The van der Waals surface area contributed by atoms with Crippen LogP contribution in [0.25, 0.3) is 0 Å². The van der Waals surface area contributed by atoms with E-state index in [4.69, 9.17) is 4.74 Å². The molecule has 0 aromatic heterocycles. The number of aliphatic hydroxyl groups excluding tert-OH is 1. The van der Waals surface area contributed by atoms with E-state index in [1.165, 1.54) is 0 Å². The zero-order valence-electron chi connectivity index (χ0n) is 7.98. The molecule has 0 aromatic rings. The smallest absolute Gasteiger partial charge is 0.144 e. The van der Waals surface area contributed by atoms with Gasteiger partial charge in [-0.05, 0) is 19.3 Å². The van der Waals surface area contributed by atoms with Gasteiger partial charge in [0, 0.05) is 6.42 Å². The number of rotatable bonds is 0. The number of ether oxygens (including phenoxy) is 1. The van der Waals surface area contributed by atoms with Gasteiger partial charge in [0.25, 0.3) is 0 Å². The molecule has 76 valence electrons. The molecule has 3 heteroatoms. The first-order valence-electron chi connectivity index (χ1n) is 5.29. The van der Waals surface area contributed by atoms with Crippen LogP contribution in [-0.2, 0) is 9.53 Å². The summed E-state index contributed by atoms with van der Waals surface area (Å²) in [5, 5.41) is 9.85. The third-order valence-corrected chi connectivity index (χ3v) is 3.69. The van der Waals surface area contributed by atoms with Crippen LogP contribution >= 0.6 is 0 Å². The number of hydrogen-bond donors (Lipinski definition) is 1. The van der Waals surface area contributed by atoms with Crippen molar-refractivity contribution in [2.45, 2.75) is 43.5 Å². The van der Waals surface area contributed by atoms with Gasteiger partial charge < -0.3 is 9.84 Å². The van der Waals surface area contributed by atoms with Crippen LogP contribution in [0.4, 0.5) is 0 Å². The lowest BCUT2D eigenvalue weighted by Gasteiger charge is -2.45. The molecule has 3 rings (SSSR count). The molecule has 14 heavy (non-hydrogen) atoms. The number of carbonyl (C=O) groups is 1. The number of Topliss-reactive ketones (excluding diaryl/α,β-unsaturated/α-hetero) is 1. The maximum absolute atomic E-state index is 11.8. The standard InChI is InChI=1S/C11H14O3/c12-8-2-1-4-11-5-3-7(14-11)6-9(13)10(8)11/h3,5,7-8,10,12H,1-2,4,6H2/t7-,8+,10?,11+/m0/s1. The van der Waals surface area contributed by atoms with Crippen LogP contribution in [0.3, 0.4) is 0 Å². The highest BCUT2D eigenvalue weighted by atomic mass is 16.5. The molecule has 2 bridgehead atoms. The van der Waals surface area contributed by atoms with Crippen LogP contribution < -0.4 is 0 Å². The molecule has 1 N–H and O–H groups in total. The van der Waals surface area contributed by atoms with Gasteiger partial charge in [-0.3, -0.25) is 4.79 Å². The van der Waals surface area contributed by atoms with Crippen molar-refractivity contribution in [3.63, 3.8) is 0 Å². The average Bonchev–Trinajstić information content (AvgIpc) is 2.43. The topological polar surface area (TPSA) is 46.5 Å². The molecule has 4 atom stereocenters. The summed E-state index contributed by atoms with van der Waals surface area (Å²) in [6.07, 6.45) is 6.48. The van der Waals surface area contributed by atoms with E-state index in [1.807, 2.05) is 12.2 Å². The quantitative estimate of drug-likeness (QED) is 0.580. The Bertz CT molecular complexity index is 310. The lowest BCUT2D eigenvalue weighted by atomic mass is 9.70. The second-order valence-corrected chi connectivity index (χ2v) is 4.58. The normalized spacial score (nSPS) is 50.6. The Hall–Kier alpha value is -0.670. The number of hydrogen-bond acceptors (Lipinski definition) is 3. The summed E-state index contributed by atoms with van der Waals surface area (Å²) in [5.41, 5.74) is -0.447. The Morgan fingerprint density at radius 1 is 1.57 bits per heavy atom. The van der Waals surface area contributed by atoms with Gasteiger partial charge in [0.1, 0.15) is 5.78 Å². The highest BCUT2D eigenvalue weighted by molar-refractivity contribution is 5.85. The van der Waals surface area contributed by atoms with Gasteiger partial charge in [-0.15, -0.1) is 0 Å². The van der Waals surface area contributed by atoms with E-state index in [0.717, 1.165) is 19.3 Å². The Kier molecular flexibility index (Phi) is 1.65. The van der Waals surface area contributed by atoms with Crippen LogP contribution in [0.1, 0.15) is 25.7 Å². The van der Waals surface area contributed by atoms with Crippen LogP contribution in [0, 0.1) is 5.92 Å². The molecule has 3 aliphatic rings. The van der Waals surface area contributed by atoms with Crippen molar-refractivity contribution >= 4 is 5.78 Å². The van der Waals surface area contributed by atoms with Crippen LogP contribution in [-0.4, -0.2) is 28.7 Å². The predicted octanol–water partition coefficient (Wildman–Crippen LogP) is 0.814. The van der Waals surface area contributed by atoms with Crippen molar-refractivity contribution < 1.29 is 14.6 Å². The van der Waals surface area contributed by atoms with Gasteiger partial charge in [0.15, 0.2) is 0 Å². The summed E-state index contributed by atoms with van der Waals surface area (Å²) in [5.74, 6) is -0.121. The van der Waals surface area contributed by atoms with Crippen LogP contribution in [0.2, 0.25) is 0 Å². The van der Waals surface area contributed by atoms with Crippen molar-refractivity contribution in [2.24, 2.45) is 5.92 Å². The Morgan fingerprint density at radius 2 is 2.43 bits per heavy atom. The monoisotopic (exact) mass is 194 g/mol. The molecule has 1 unspecified atom stereocenters. The van der Waals surface area contributed by atoms with E-state index in [1.54, 1.807) is 0 Å². The molecule has 1 saturated carbocycles. The molecular formula is C11H14O3. The van der Waals surface area contributed by atoms with Gasteiger partial charge in [0.05, 0.1) is 23.7 Å². The van der Waals surface area contributed by atoms with E-state index in [0.29, 0.717) is 6.42 Å². The number of aliphatic hydroxyl groups is 1. The molecule has 1 aliphatic carbocycles. The van der Waals surface area contributed by atoms with Crippen molar-refractivity contribution in [1.82, 2.24) is 0 Å². The van der Waals surface area contributed by atoms with Crippen molar-refractivity contribution in [2.75, 3.05) is 0 Å². The first-order valence-corrected chi connectivity index (χ1v) is 5.29. The molecule has 0 radical (unpaired) electrons. The van der Waals surface area contributed by atoms with Gasteiger partial charge in [-0.1, -0.05) is 12.2 Å². The van der Waals surface area contributed by atoms with Crippen molar-refractivity contribution in [3.05, 3.63) is 12.2 Å². The molecule has 2 fully saturated rings. The summed E-state index contributed by atoms with van der Waals surface area (Å²) in [6, 6.07) is 0. The van der Waals surface area contributed by atoms with E-state index < -0.39 is 11.7 Å². The molecule has 3 nitrogen and oxygen atoms in total. The van der Waals surface area contributed by atoms with E-state index in [-0.39, 0.29) is 17.8 Å². The van der Waals surface area contributed by atoms with Crippen molar-refractivity contribution in [1.29, 1.82) is 0 Å². The Morgan fingerprint density at radius 3 is 3.29 bits per heavy atom. The second-order valence-electron chi connectivity index (χ2n) is 4.58. The fraction of sp³-hybridized carbons (Fsp3) is 0.727. The van der Waals surface area contributed by atoms with Crippen molar-refractivity contribution in [3.8, 4) is 0 Å². The minimum absolute atomic E-state index is 0.0240. The van der Waals surface area contributed by atoms with E-state index in [9.17, 15) is 9.90 Å². The minimum Gasteiger partial charge on any atom is -0.392 e. The third kappa shape index (κ3) is 0.969. The molecule has 0 amide bonds. The summed E-state index contributed by atoms with van der Waals surface area (Å²) in [6.45, 7) is 0. The van der Waals surface area contributed by atoms with Crippen LogP contribution in [0.5, 0.6) is 0 Å². The maximum atomic E-state index is 11.8. The number of carbonyl (C=O) groups excluding carboxylic acids is 1.